The highest BCUT2D eigenvalue weighted by molar-refractivity contribution is 5.54. The van der Waals surface area contributed by atoms with Gasteiger partial charge in [-0.25, -0.2) is 18.7 Å². The van der Waals surface area contributed by atoms with Gasteiger partial charge in [-0.05, 0) is 30.7 Å². The highest BCUT2D eigenvalue weighted by Crippen LogP contribution is 2.17. The van der Waals surface area contributed by atoms with Crippen molar-refractivity contribution in [2.24, 2.45) is 5.92 Å². The number of nitrogens with one attached hydrogen (secondary N) is 1. The monoisotopic (exact) mass is 277 g/mol. The summed E-state index contributed by atoms with van der Waals surface area (Å²) in [5.74, 6) is -0.389. The van der Waals surface area contributed by atoms with Crippen molar-refractivity contribution < 1.29 is 8.78 Å². The standard InChI is InChI=1S/C15H17F2N3/c1-10(2)8-18-9-14-3-4-19-15(20-14)11-5-12(16)7-13(17)6-11/h3-7,10,18H,8-9H2,1-2H3. The van der Waals surface area contributed by atoms with Crippen LogP contribution in [0.15, 0.2) is 30.5 Å². The average molecular weight is 277 g/mol. The van der Waals surface area contributed by atoms with Crippen molar-refractivity contribution in [3.8, 4) is 11.4 Å². The van der Waals surface area contributed by atoms with E-state index < -0.39 is 11.6 Å². The molecule has 0 spiro atoms. The summed E-state index contributed by atoms with van der Waals surface area (Å²) in [6.45, 7) is 5.72. The van der Waals surface area contributed by atoms with E-state index in [1.165, 1.54) is 12.1 Å². The molecule has 0 amide bonds. The SMILES string of the molecule is CC(C)CNCc1ccnc(-c2cc(F)cc(F)c2)n1. The average Bonchev–Trinajstić information content (AvgIpc) is 2.37. The van der Waals surface area contributed by atoms with Crippen LogP contribution in [0.2, 0.25) is 0 Å². The van der Waals surface area contributed by atoms with Gasteiger partial charge in [0.05, 0.1) is 5.69 Å². The van der Waals surface area contributed by atoms with E-state index in [0.29, 0.717) is 23.9 Å². The maximum atomic E-state index is 13.2. The van der Waals surface area contributed by atoms with Gasteiger partial charge in [-0.2, -0.15) is 0 Å². The molecule has 1 N–H and O–H groups in total. The molecular weight excluding hydrogens is 260 g/mol. The molecule has 0 aliphatic heterocycles. The lowest BCUT2D eigenvalue weighted by Gasteiger charge is -2.08. The van der Waals surface area contributed by atoms with Crippen molar-refractivity contribution in [1.82, 2.24) is 15.3 Å². The molecule has 3 nitrogen and oxygen atoms in total. The first kappa shape index (κ1) is 14.5. The molecule has 0 atom stereocenters. The Bertz CT molecular complexity index is 565. The van der Waals surface area contributed by atoms with E-state index in [0.717, 1.165) is 18.3 Å². The summed E-state index contributed by atoms with van der Waals surface area (Å²) < 4.78 is 26.4. The summed E-state index contributed by atoms with van der Waals surface area (Å²) in [6, 6.07) is 5.07. The van der Waals surface area contributed by atoms with Gasteiger partial charge >= 0.3 is 0 Å². The van der Waals surface area contributed by atoms with Crippen LogP contribution >= 0.6 is 0 Å². The normalized spacial score (nSPS) is 11.1. The zero-order valence-corrected chi connectivity index (χ0v) is 11.5. The molecule has 0 aliphatic carbocycles. The fourth-order valence-electron chi connectivity index (χ4n) is 1.81. The van der Waals surface area contributed by atoms with Crippen molar-refractivity contribution >= 4 is 0 Å². The third kappa shape index (κ3) is 4.06. The van der Waals surface area contributed by atoms with Crippen LogP contribution in [-0.4, -0.2) is 16.5 Å². The number of hydrogen-bond acceptors (Lipinski definition) is 3. The fraction of sp³-hybridized carbons (Fsp3) is 0.333. The number of hydrogen-bond donors (Lipinski definition) is 1. The minimum absolute atomic E-state index is 0.326. The lowest BCUT2D eigenvalue weighted by atomic mass is 10.2. The van der Waals surface area contributed by atoms with Crippen molar-refractivity contribution in [1.29, 1.82) is 0 Å². The first-order chi connectivity index (χ1) is 9.54. The smallest absolute Gasteiger partial charge is 0.159 e. The molecule has 0 aliphatic rings. The van der Waals surface area contributed by atoms with E-state index in [-0.39, 0.29) is 0 Å². The summed E-state index contributed by atoms with van der Waals surface area (Å²) in [4.78, 5) is 8.38. The molecule has 2 aromatic rings. The number of rotatable bonds is 5. The minimum Gasteiger partial charge on any atom is -0.311 e. The van der Waals surface area contributed by atoms with Gasteiger partial charge in [0, 0.05) is 24.4 Å². The third-order valence-corrected chi connectivity index (χ3v) is 2.69. The van der Waals surface area contributed by atoms with Gasteiger partial charge in [-0.1, -0.05) is 13.8 Å². The van der Waals surface area contributed by atoms with Crippen LogP contribution in [-0.2, 0) is 6.54 Å². The first-order valence-electron chi connectivity index (χ1n) is 6.53. The van der Waals surface area contributed by atoms with Crippen LogP contribution in [0, 0.1) is 17.6 Å². The molecule has 2 rings (SSSR count). The Labute approximate surface area is 117 Å². The molecule has 1 heterocycles. The zero-order valence-electron chi connectivity index (χ0n) is 11.5. The Balaban J connectivity index is 2.16. The van der Waals surface area contributed by atoms with Crippen molar-refractivity contribution in [2.45, 2.75) is 20.4 Å². The lowest BCUT2D eigenvalue weighted by Crippen LogP contribution is -2.19. The second-order valence-corrected chi connectivity index (χ2v) is 5.05. The highest BCUT2D eigenvalue weighted by Gasteiger charge is 2.07. The predicted octanol–water partition coefficient (Wildman–Crippen LogP) is 3.17. The Morgan fingerprint density at radius 1 is 1.15 bits per heavy atom. The molecule has 0 fully saturated rings. The fourth-order valence-corrected chi connectivity index (χ4v) is 1.81. The number of halogens is 2. The Morgan fingerprint density at radius 2 is 1.85 bits per heavy atom. The van der Waals surface area contributed by atoms with Crippen LogP contribution < -0.4 is 5.32 Å². The van der Waals surface area contributed by atoms with E-state index >= 15 is 0 Å². The van der Waals surface area contributed by atoms with Gasteiger partial charge in [-0.3, -0.25) is 0 Å². The third-order valence-electron chi connectivity index (χ3n) is 2.69. The van der Waals surface area contributed by atoms with Crippen LogP contribution in [0.25, 0.3) is 11.4 Å². The summed E-state index contributed by atoms with van der Waals surface area (Å²) in [7, 11) is 0. The Kier molecular flexibility index (Phi) is 4.74. The maximum absolute atomic E-state index is 13.2. The van der Waals surface area contributed by atoms with Crippen molar-refractivity contribution in [3.63, 3.8) is 0 Å². The lowest BCUT2D eigenvalue weighted by molar-refractivity contribution is 0.548. The van der Waals surface area contributed by atoms with Gasteiger partial charge in [0.2, 0.25) is 0 Å². The largest absolute Gasteiger partial charge is 0.311 e. The molecule has 0 unspecified atom stereocenters. The number of aromatic nitrogens is 2. The van der Waals surface area contributed by atoms with Crippen molar-refractivity contribution in [2.75, 3.05) is 6.54 Å². The molecule has 0 radical (unpaired) electrons. The van der Waals surface area contributed by atoms with E-state index in [9.17, 15) is 8.78 Å². The van der Waals surface area contributed by atoms with E-state index in [1.807, 2.05) is 0 Å². The minimum atomic E-state index is -0.632. The molecular formula is C15H17F2N3. The van der Waals surface area contributed by atoms with Crippen LogP contribution in [0.3, 0.4) is 0 Å². The van der Waals surface area contributed by atoms with Gasteiger partial charge in [0.25, 0.3) is 0 Å². The number of nitrogens with zero attached hydrogens (tertiary/aromatic N) is 2. The van der Waals surface area contributed by atoms with E-state index in [1.54, 1.807) is 12.3 Å². The second-order valence-electron chi connectivity index (χ2n) is 5.05. The summed E-state index contributed by atoms with van der Waals surface area (Å²) in [5, 5.41) is 3.26. The molecule has 1 aromatic carbocycles. The second kappa shape index (κ2) is 6.52. The van der Waals surface area contributed by atoms with Gasteiger partial charge in [0.15, 0.2) is 5.82 Å². The molecule has 5 heteroatoms. The molecule has 0 saturated heterocycles. The first-order valence-corrected chi connectivity index (χ1v) is 6.53. The zero-order chi connectivity index (χ0) is 14.5. The molecule has 106 valence electrons. The highest BCUT2D eigenvalue weighted by atomic mass is 19.1. The van der Waals surface area contributed by atoms with Gasteiger partial charge in [-0.15, -0.1) is 0 Å². The maximum Gasteiger partial charge on any atom is 0.159 e. The molecule has 0 saturated carbocycles. The Morgan fingerprint density at radius 3 is 2.50 bits per heavy atom. The van der Waals surface area contributed by atoms with Crippen molar-refractivity contribution in [3.05, 3.63) is 47.8 Å². The molecule has 0 bridgehead atoms. The predicted molar refractivity (Wildman–Crippen MR) is 73.9 cm³/mol. The summed E-state index contributed by atoms with van der Waals surface area (Å²) in [6.07, 6.45) is 1.59. The summed E-state index contributed by atoms with van der Waals surface area (Å²) in [5.41, 5.74) is 1.13. The van der Waals surface area contributed by atoms with E-state index in [4.69, 9.17) is 0 Å². The molecule has 20 heavy (non-hydrogen) atoms. The van der Waals surface area contributed by atoms with Crippen LogP contribution in [0.1, 0.15) is 19.5 Å². The van der Waals surface area contributed by atoms with Gasteiger partial charge in [0.1, 0.15) is 11.6 Å². The van der Waals surface area contributed by atoms with Crippen LogP contribution in [0.5, 0.6) is 0 Å². The topological polar surface area (TPSA) is 37.8 Å². The Hall–Kier alpha value is -1.88. The quantitative estimate of drug-likeness (QED) is 0.912. The number of benzene rings is 1. The molecule has 1 aromatic heterocycles. The van der Waals surface area contributed by atoms with Crippen LogP contribution in [0.4, 0.5) is 8.78 Å². The summed E-state index contributed by atoms with van der Waals surface area (Å²) >= 11 is 0. The van der Waals surface area contributed by atoms with Gasteiger partial charge < -0.3 is 5.32 Å². The van der Waals surface area contributed by atoms with E-state index in [2.05, 4.69) is 29.1 Å².